The van der Waals surface area contributed by atoms with Gasteiger partial charge in [-0.2, -0.15) is 0 Å². The molecular weight excluding hydrogens is 302 g/mol. The molecule has 22 heavy (non-hydrogen) atoms. The summed E-state index contributed by atoms with van der Waals surface area (Å²) in [7, 11) is 0. The highest BCUT2D eigenvalue weighted by molar-refractivity contribution is 6.30. The number of amides is 1. The molecule has 0 spiro atoms. The second kappa shape index (κ2) is 7.47. The summed E-state index contributed by atoms with van der Waals surface area (Å²) < 4.78 is 5.17. The van der Waals surface area contributed by atoms with Gasteiger partial charge in [-0.05, 0) is 49.6 Å². The Bertz CT molecular complexity index is 591. The van der Waals surface area contributed by atoms with Crippen LogP contribution in [0, 0.1) is 0 Å². The van der Waals surface area contributed by atoms with Gasteiger partial charge in [-0.25, -0.2) is 0 Å². The van der Waals surface area contributed by atoms with E-state index in [0.717, 1.165) is 18.4 Å². The van der Waals surface area contributed by atoms with Crippen molar-refractivity contribution in [2.24, 2.45) is 0 Å². The summed E-state index contributed by atoms with van der Waals surface area (Å²) in [6, 6.07) is 11.0. The molecule has 1 amide bonds. The fourth-order valence-corrected chi connectivity index (χ4v) is 2.26. The third-order valence-electron chi connectivity index (χ3n) is 3.46. The van der Waals surface area contributed by atoms with Gasteiger partial charge in [0.15, 0.2) is 0 Å². The Morgan fingerprint density at radius 3 is 2.68 bits per heavy atom. The topological polar surface area (TPSA) is 62.5 Å². The first-order valence-electron chi connectivity index (χ1n) is 7.25. The maximum Gasteiger partial charge on any atom is 0.220 e. The fraction of sp³-hybridized carbons (Fsp3) is 0.353. The molecule has 118 valence electrons. The molecule has 1 aromatic heterocycles. The number of aryl methyl sites for hydroxylation is 1. The number of hydrogen-bond acceptors (Lipinski definition) is 3. The molecule has 0 saturated carbocycles. The molecule has 2 rings (SSSR count). The zero-order chi connectivity index (χ0) is 16.0. The molecule has 0 aliphatic rings. The van der Waals surface area contributed by atoms with Crippen molar-refractivity contribution in [2.75, 3.05) is 6.54 Å². The van der Waals surface area contributed by atoms with Crippen molar-refractivity contribution in [3.8, 4) is 0 Å². The lowest BCUT2D eigenvalue weighted by Gasteiger charge is -2.21. The van der Waals surface area contributed by atoms with Crippen LogP contribution in [0.5, 0.6) is 0 Å². The minimum Gasteiger partial charge on any atom is -0.466 e. The molecular formula is C17H20ClNO3. The molecule has 1 unspecified atom stereocenters. The van der Waals surface area contributed by atoms with Crippen molar-refractivity contribution >= 4 is 17.5 Å². The van der Waals surface area contributed by atoms with Gasteiger partial charge < -0.3 is 14.8 Å². The van der Waals surface area contributed by atoms with Crippen LogP contribution >= 0.6 is 11.6 Å². The molecule has 0 bridgehead atoms. The monoisotopic (exact) mass is 321 g/mol. The molecule has 0 fully saturated rings. The molecule has 4 nitrogen and oxygen atoms in total. The van der Waals surface area contributed by atoms with Crippen LogP contribution < -0.4 is 5.32 Å². The van der Waals surface area contributed by atoms with E-state index < -0.39 is 5.60 Å². The van der Waals surface area contributed by atoms with Gasteiger partial charge in [0.05, 0.1) is 12.8 Å². The summed E-state index contributed by atoms with van der Waals surface area (Å²) in [4.78, 5) is 11.8. The quantitative estimate of drug-likeness (QED) is 0.822. The van der Waals surface area contributed by atoms with Gasteiger partial charge in [-0.15, -0.1) is 0 Å². The summed E-state index contributed by atoms with van der Waals surface area (Å²) in [5, 5.41) is 13.7. The van der Waals surface area contributed by atoms with E-state index in [1.165, 1.54) is 6.26 Å². The Kier molecular flexibility index (Phi) is 5.63. The number of carbonyl (C=O) groups is 1. The molecule has 2 N–H and O–H groups in total. The molecule has 0 aliphatic heterocycles. The lowest BCUT2D eigenvalue weighted by molar-refractivity contribution is -0.122. The minimum absolute atomic E-state index is 0.0826. The number of aliphatic hydroxyl groups is 1. The predicted molar refractivity (Wildman–Crippen MR) is 85.7 cm³/mol. The van der Waals surface area contributed by atoms with Gasteiger partial charge >= 0.3 is 0 Å². The zero-order valence-corrected chi connectivity index (χ0v) is 13.3. The summed E-state index contributed by atoms with van der Waals surface area (Å²) in [5.74, 6) is 0.356. The lowest BCUT2D eigenvalue weighted by atomic mass is 10.0. The first-order chi connectivity index (χ1) is 10.5. The van der Waals surface area contributed by atoms with E-state index in [1.54, 1.807) is 19.1 Å². The van der Waals surface area contributed by atoms with E-state index in [4.69, 9.17) is 16.0 Å². The number of halogens is 1. The molecule has 1 atom stereocenters. The first kappa shape index (κ1) is 16.6. The third-order valence-corrected chi connectivity index (χ3v) is 3.72. The minimum atomic E-state index is -1.20. The van der Waals surface area contributed by atoms with Crippen molar-refractivity contribution in [3.63, 3.8) is 0 Å². The summed E-state index contributed by atoms with van der Waals surface area (Å²) in [5.41, 5.74) is -0.0465. The number of carbonyl (C=O) groups excluding carboxylic acids is 1. The normalized spacial score (nSPS) is 13.6. The Labute approximate surface area is 135 Å². The average molecular weight is 322 g/mol. The zero-order valence-electron chi connectivity index (χ0n) is 12.5. The Morgan fingerprint density at radius 1 is 1.32 bits per heavy atom. The van der Waals surface area contributed by atoms with Gasteiger partial charge in [-0.3, -0.25) is 4.79 Å². The van der Waals surface area contributed by atoms with Crippen molar-refractivity contribution in [2.45, 2.75) is 31.8 Å². The molecule has 1 aromatic carbocycles. The van der Waals surface area contributed by atoms with Crippen molar-refractivity contribution in [1.82, 2.24) is 5.32 Å². The number of hydrogen-bond donors (Lipinski definition) is 2. The van der Waals surface area contributed by atoms with Crippen LogP contribution in [0.1, 0.15) is 31.1 Å². The van der Waals surface area contributed by atoms with Crippen LogP contribution in [0.2, 0.25) is 5.02 Å². The van der Waals surface area contributed by atoms with Crippen LogP contribution in [0.3, 0.4) is 0 Å². The smallest absolute Gasteiger partial charge is 0.220 e. The highest BCUT2D eigenvalue weighted by Crippen LogP contribution is 2.19. The number of furan rings is 1. The van der Waals surface area contributed by atoms with Crippen LogP contribution in [-0.2, 0) is 16.8 Å². The SMILES string of the molecule is CC(O)(CNC(=O)CCCc1ccc(Cl)cc1)c1ccco1. The van der Waals surface area contributed by atoms with Crippen LogP contribution in [0.25, 0.3) is 0 Å². The van der Waals surface area contributed by atoms with E-state index in [0.29, 0.717) is 17.2 Å². The highest BCUT2D eigenvalue weighted by Gasteiger charge is 2.26. The van der Waals surface area contributed by atoms with Crippen molar-refractivity contribution in [1.29, 1.82) is 0 Å². The average Bonchev–Trinajstić information content (AvgIpc) is 3.02. The number of nitrogens with one attached hydrogen (secondary N) is 1. The molecule has 0 radical (unpaired) electrons. The molecule has 5 heteroatoms. The molecule has 0 aliphatic carbocycles. The van der Waals surface area contributed by atoms with Gasteiger partial charge in [0.1, 0.15) is 11.4 Å². The maximum absolute atomic E-state index is 11.8. The summed E-state index contributed by atoms with van der Waals surface area (Å²) in [6.07, 6.45) is 3.48. The van der Waals surface area contributed by atoms with Gasteiger partial charge in [0.2, 0.25) is 5.91 Å². The van der Waals surface area contributed by atoms with Crippen molar-refractivity contribution < 1.29 is 14.3 Å². The highest BCUT2D eigenvalue weighted by atomic mass is 35.5. The van der Waals surface area contributed by atoms with Gasteiger partial charge in [-0.1, -0.05) is 23.7 Å². The van der Waals surface area contributed by atoms with E-state index >= 15 is 0 Å². The van der Waals surface area contributed by atoms with Gasteiger partial charge in [0, 0.05) is 11.4 Å². The van der Waals surface area contributed by atoms with E-state index in [1.807, 2.05) is 24.3 Å². The van der Waals surface area contributed by atoms with Crippen LogP contribution in [0.4, 0.5) is 0 Å². The second-order valence-corrected chi connectivity index (χ2v) is 5.94. The van der Waals surface area contributed by atoms with Crippen molar-refractivity contribution in [3.05, 3.63) is 59.0 Å². The lowest BCUT2D eigenvalue weighted by Crippen LogP contribution is -2.38. The molecule has 0 saturated heterocycles. The number of rotatable bonds is 7. The fourth-order valence-electron chi connectivity index (χ4n) is 2.14. The third kappa shape index (κ3) is 4.90. The second-order valence-electron chi connectivity index (χ2n) is 5.51. The van der Waals surface area contributed by atoms with E-state index in [2.05, 4.69) is 5.32 Å². The van der Waals surface area contributed by atoms with Gasteiger partial charge in [0.25, 0.3) is 0 Å². The molecule has 1 heterocycles. The van der Waals surface area contributed by atoms with Crippen LogP contribution in [-0.4, -0.2) is 17.6 Å². The van der Waals surface area contributed by atoms with E-state index in [9.17, 15) is 9.90 Å². The first-order valence-corrected chi connectivity index (χ1v) is 7.63. The maximum atomic E-state index is 11.8. The Hall–Kier alpha value is -1.78. The van der Waals surface area contributed by atoms with E-state index in [-0.39, 0.29) is 12.5 Å². The Balaban J connectivity index is 1.71. The largest absolute Gasteiger partial charge is 0.466 e. The summed E-state index contributed by atoms with van der Waals surface area (Å²) in [6.45, 7) is 1.74. The van der Waals surface area contributed by atoms with Crippen LogP contribution in [0.15, 0.2) is 47.1 Å². The standard InChI is InChI=1S/C17H20ClNO3/c1-17(21,15-5-3-11-22-15)12-19-16(20)6-2-4-13-7-9-14(18)10-8-13/h3,5,7-11,21H,2,4,6,12H2,1H3,(H,19,20). The predicted octanol–water partition coefficient (Wildman–Crippen LogP) is 3.28. The number of benzene rings is 1. The Morgan fingerprint density at radius 2 is 2.05 bits per heavy atom. The summed E-state index contributed by atoms with van der Waals surface area (Å²) >= 11 is 5.83. The molecule has 2 aromatic rings.